The van der Waals surface area contributed by atoms with Crippen molar-refractivity contribution < 1.29 is 28.7 Å². The number of hydrogen-bond donors (Lipinski definition) is 7. The molecule has 0 bridgehead atoms. The van der Waals surface area contributed by atoms with Crippen LogP contribution in [0.15, 0.2) is 46.9 Å². The second-order valence-electron chi connectivity index (χ2n) is 11.9. The third-order valence-electron chi connectivity index (χ3n) is 7.01. The molecule has 264 valence electrons. The van der Waals surface area contributed by atoms with Crippen LogP contribution < -0.4 is 38.3 Å². The Labute approximate surface area is 285 Å². The number of nitrogens with zero attached hydrogens (tertiary/aromatic N) is 2. The number of nitrogens with one attached hydrogen (secondary N) is 5. The summed E-state index contributed by atoms with van der Waals surface area (Å²) in [5.74, 6) is -2.43. The van der Waals surface area contributed by atoms with Crippen LogP contribution >= 0.6 is 11.3 Å². The topological polar surface area (TPSA) is 232 Å². The Bertz CT molecular complexity index is 1350. The number of carbonyl (C=O) groups is 5. The highest BCUT2D eigenvalue weighted by atomic mass is 32.1. The Morgan fingerprint density at radius 2 is 1.65 bits per heavy atom. The van der Waals surface area contributed by atoms with Gasteiger partial charge in [0.25, 0.3) is 0 Å². The summed E-state index contributed by atoms with van der Waals surface area (Å²) in [6, 6.07) is 4.51. The van der Waals surface area contributed by atoms with E-state index >= 15 is 0 Å². The van der Waals surface area contributed by atoms with E-state index in [9.17, 15) is 24.0 Å². The highest BCUT2D eigenvalue weighted by Gasteiger charge is 2.32. The normalized spacial score (nSPS) is 13.5. The number of thiazole rings is 1. The molecule has 0 fully saturated rings. The van der Waals surface area contributed by atoms with Crippen LogP contribution in [-0.4, -0.2) is 77.9 Å². The molecule has 0 radical (unpaired) electrons. The van der Waals surface area contributed by atoms with Gasteiger partial charge < -0.3 is 32.2 Å². The summed E-state index contributed by atoms with van der Waals surface area (Å²) in [4.78, 5) is 73.8. The summed E-state index contributed by atoms with van der Waals surface area (Å²) in [6.07, 6.45) is 2.65. The summed E-state index contributed by atoms with van der Waals surface area (Å²) in [5.41, 5.74) is 16.8. The molecule has 4 amide bonds. The van der Waals surface area contributed by atoms with Crippen molar-refractivity contribution >= 4 is 46.9 Å². The fraction of sp³-hybridized carbons (Fsp3) is 0.531. The minimum atomic E-state index is -1.03. The zero-order valence-electron chi connectivity index (χ0n) is 28.2. The van der Waals surface area contributed by atoms with Gasteiger partial charge in [0.2, 0.25) is 17.6 Å². The van der Waals surface area contributed by atoms with Gasteiger partial charge in [-0.15, -0.1) is 11.3 Å². The average molecular weight is 688 g/mol. The molecule has 1 heterocycles. The second kappa shape index (κ2) is 20.6. The summed E-state index contributed by atoms with van der Waals surface area (Å²) in [5, 5.41) is 10.1. The molecule has 1 aromatic heterocycles. The first-order valence-corrected chi connectivity index (χ1v) is 16.8. The van der Waals surface area contributed by atoms with Crippen LogP contribution in [0.25, 0.3) is 0 Å². The van der Waals surface area contributed by atoms with E-state index in [0.29, 0.717) is 12.8 Å². The minimum Gasteiger partial charge on any atom is -0.464 e. The number of urea groups is 1. The summed E-state index contributed by atoms with van der Waals surface area (Å²) in [7, 11) is 0. The van der Waals surface area contributed by atoms with E-state index in [1.54, 1.807) is 26.2 Å². The molecule has 16 heteroatoms. The monoisotopic (exact) mass is 687 g/mol. The fourth-order valence-corrected chi connectivity index (χ4v) is 5.28. The first kappa shape index (κ1) is 39.6. The Kier molecular flexibility index (Phi) is 17.0. The molecule has 2 aromatic rings. The molecule has 1 aromatic carbocycles. The number of aromatic nitrogens is 1. The molecular formula is C32H49N9O6S. The number of benzene rings is 1. The van der Waals surface area contributed by atoms with Crippen LogP contribution in [0.1, 0.15) is 69.2 Å². The lowest BCUT2D eigenvalue weighted by Crippen LogP contribution is -2.60. The molecule has 0 saturated heterocycles. The quantitative estimate of drug-likeness (QED) is 0.0264. The lowest BCUT2D eigenvalue weighted by molar-refractivity contribution is -0.145. The number of esters is 1. The number of ether oxygens (including phenoxy) is 1. The van der Waals surface area contributed by atoms with Gasteiger partial charge in [-0.3, -0.25) is 24.8 Å². The molecule has 0 aliphatic rings. The van der Waals surface area contributed by atoms with Gasteiger partial charge in [0.1, 0.15) is 18.1 Å². The number of carbonyl (C=O) groups excluding carboxylic acids is 5. The van der Waals surface area contributed by atoms with Crippen molar-refractivity contribution in [3.8, 4) is 0 Å². The smallest absolute Gasteiger partial charge is 0.329 e. The van der Waals surface area contributed by atoms with Crippen LogP contribution in [0.4, 0.5) is 4.79 Å². The van der Waals surface area contributed by atoms with Gasteiger partial charge >= 0.3 is 12.0 Å². The molecular weight excluding hydrogens is 638 g/mol. The Morgan fingerprint density at radius 1 is 0.938 bits per heavy atom. The fourth-order valence-electron chi connectivity index (χ4n) is 4.65. The molecule has 48 heavy (non-hydrogen) atoms. The van der Waals surface area contributed by atoms with E-state index < -0.39 is 48.0 Å². The average Bonchev–Trinajstić information content (AvgIpc) is 3.58. The highest BCUT2D eigenvalue weighted by molar-refractivity contribution is 7.11. The number of aliphatic imine (C=N–C) groups is 1. The van der Waals surface area contributed by atoms with Crippen molar-refractivity contribution in [1.29, 1.82) is 0 Å². The van der Waals surface area contributed by atoms with Crippen molar-refractivity contribution in [3.63, 3.8) is 0 Å². The standard InChI is InChI=1S/C32H49N9O6S/c1-6-47-30(45)24(17-19(2)3)38-32(46)41-40-23(18-21-11-8-7-9-12-21)27(43)39-25(20(4)5)28(44)37-22(13-10-14-36-31(33)34)26(42)29-35-15-16-48-29/h7-9,11-12,15-16,19-20,22-25,40H,6,10,13-14,17-18H2,1-5H3,(H,37,44)(H,39,43)(H4,33,34,36)(H2,38,41,46)/t22-,23-,24?,25-/m0/s1. The number of ketones is 1. The summed E-state index contributed by atoms with van der Waals surface area (Å²) < 4.78 is 5.09. The van der Waals surface area contributed by atoms with Gasteiger partial charge in [0, 0.05) is 18.1 Å². The largest absolute Gasteiger partial charge is 0.464 e. The summed E-state index contributed by atoms with van der Waals surface area (Å²) >= 11 is 1.16. The van der Waals surface area contributed by atoms with Crippen molar-refractivity contribution in [1.82, 2.24) is 31.8 Å². The van der Waals surface area contributed by atoms with Crippen LogP contribution in [0.3, 0.4) is 0 Å². The van der Waals surface area contributed by atoms with Gasteiger partial charge in [-0.05, 0) is 50.0 Å². The van der Waals surface area contributed by atoms with Crippen LogP contribution in [0.2, 0.25) is 0 Å². The van der Waals surface area contributed by atoms with Gasteiger partial charge in [-0.1, -0.05) is 58.0 Å². The predicted molar refractivity (Wildman–Crippen MR) is 184 cm³/mol. The number of hydrogen-bond acceptors (Lipinski definition) is 10. The Morgan fingerprint density at radius 3 is 2.23 bits per heavy atom. The predicted octanol–water partition coefficient (Wildman–Crippen LogP) is 1.40. The van der Waals surface area contributed by atoms with Crippen molar-refractivity contribution in [2.45, 2.75) is 84.5 Å². The molecule has 9 N–H and O–H groups in total. The SMILES string of the molecule is CCOC(=O)C(CC(C)C)NC(=O)NN[C@@H](Cc1ccccc1)C(=O)N[C@H](C(=O)N[C@@H](CCCN=C(N)N)C(=O)c1nccs1)C(C)C. The van der Waals surface area contributed by atoms with Crippen LogP contribution in [-0.2, 0) is 25.5 Å². The third-order valence-corrected chi connectivity index (χ3v) is 7.80. The van der Waals surface area contributed by atoms with Gasteiger partial charge in [-0.2, -0.15) is 0 Å². The van der Waals surface area contributed by atoms with Gasteiger partial charge in [-0.25, -0.2) is 20.0 Å². The molecule has 4 atom stereocenters. The maximum Gasteiger partial charge on any atom is 0.329 e. The maximum absolute atomic E-state index is 13.7. The zero-order valence-corrected chi connectivity index (χ0v) is 29.0. The highest BCUT2D eigenvalue weighted by Crippen LogP contribution is 2.13. The van der Waals surface area contributed by atoms with E-state index in [4.69, 9.17) is 16.2 Å². The lowest BCUT2D eigenvalue weighted by atomic mass is 9.99. The molecule has 0 spiro atoms. The maximum atomic E-state index is 13.7. The van der Waals surface area contributed by atoms with Crippen molar-refractivity contribution in [3.05, 3.63) is 52.5 Å². The van der Waals surface area contributed by atoms with Crippen molar-refractivity contribution in [2.24, 2.45) is 28.3 Å². The third kappa shape index (κ3) is 14.0. The molecule has 15 nitrogen and oxygen atoms in total. The van der Waals surface area contributed by atoms with Crippen molar-refractivity contribution in [2.75, 3.05) is 13.2 Å². The first-order chi connectivity index (χ1) is 22.8. The molecule has 0 saturated carbocycles. The van der Waals surface area contributed by atoms with Gasteiger partial charge in [0.15, 0.2) is 11.0 Å². The van der Waals surface area contributed by atoms with Crippen LogP contribution in [0, 0.1) is 11.8 Å². The Balaban J connectivity index is 2.20. The van der Waals surface area contributed by atoms with E-state index in [2.05, 4.69) is 36.8 Å². The molecule has 0 aliphatic heterocycles. The van der Waals surface area contributed by atoms with Gasteiger partial charge in [0.05, 0.1) is 12.6 Å². The minimum absolute atomic E-state index is 0.0792. The lowest BCUT2D eigenvalue weighted by Gasteiger charge is -2.27. The molecule has 0 aliphatic carbocycles. The molecule has 1 unspecified atom stereocenters. The number of rotatable bonds is 20. The van der Waals surface area contributed by atoms with E-state index in [1.165, 1.54) is 6.20 Å². The number of amides is 4. The zero-order chi connectivity index (χ0) is 35.6. The first-order valence-electron chi connectivity index (χ1n) is 15.9. The summed E-state index contributed by atoms with van der Waals surface area (Å²) in [6.45, 7) is 9.45. The number of nitrogens with two attached hydrogens (primary N) is 2. The number of guanidine groups is 1. The van der Waals surface area contributed by atoms with E-state index in [-0.39, 0.29) is 54.6 Å². The van der Waals surface area contributed by atoms with Crippen LogP contribution in [0.5, 0.6) is 0 Å². The van der Waals surface area contributed by atoms with E-state index in [1.807, 2.05) is 44.2 Å². The number of Topliss-reactive ketones (excluding diaryl/α,β-unsaturated/α-hetero) is 1. The molecule has 2 rings (SSSR count). The van der Waals surface area contributed by atoms with E-state index in [0.717, 1.165) is 16.9 Å². The second-order valence-corrected chi connectivity index (χ2v) is 12.8. The number of hydrazine groups is 1. The Hall–Kier alpha value is -4.57.